The molecule has 50 heavy (non-hydrogen) atoms. The molecule has 0 spiro atoms. The molecule has 8 aromatic rings. The van der Waals surface area contributed by atoms with E-state index in [0.29, 0.717) is 0 Å². The Bertz CT molecular complexity index is 2270. The van der Waals surface area contributed by atoms with Gasteiger partial charge in [0.2, 0.25) is 0 Å². The molecule has 8 aromatic carbocycles. The van der Waals surface area contributed by atoms with Crippen LogP contribution in [0.2, 0.25) is 0 Å². The Labute approximate surface area is 294 Å². The molecule has 0 aliphatic rings. The van der Waals surface area contributed by atoms with Gasteiger partial charge in [0, 0.05) is 33.5 Å². The fourth-order valence-electron chi connectivity index (χ4n) is 6.97. The van der Waals surface area contributed by atoms with Gasteiger partial charge in [-0.15, -0.1) is 0 Å². The van der Waals surface area contributed by atoms with E-state index in [2.05, 4.69) is 205 Å². The van der Waals surface area contributed by atoms with Crippen molar-refractivity contribution in [3.63, 3.8) is 0 Å². The first-order chi connectivity index (χ1) is 24.7. The molecule has 0 radical (unpaired) electrons. The molecule has 2 nitrogen and oxygen atoms in total. The minimum absolute atomic E-state index is 1.10. The molecule has 0 amide bonds. The maximum Gasteiger partial charge on any atom is 0.0540 e. The van der Waals surface area contributed by atoms with Crippen molar-refractivity contribution in [1.29, 1.82) is 0 Å². The van der Waals surface area contributed by atoms with Crippen LogP contribution in [0.5, 0.6) is 0 Å². The minimum Gasteiger partial charge on any atom is -0.310 e. The van der Waals surface area contributed by atoms with Crippen LogP contribution in [0.15, 0.2) is 195 Å². The Kier molecular flexibility index (Phi) is 8.26. The number of para-hydroxylation sites is 2. The van der Waals surface area contributed by atoms with Crippen molar-refractivity contribution in [2.45, 2.75) is 0 Å². The predicted molar refractivity (Wildman–Crippen MR) is 216 cm³/mol. The second-order valence-corrected chi connectivity index (χ2v) is 12.3. The van der Waals surface area contributed by atoms with Crippen LogP contribution in [0, 0.1) is 0 Å². The summed E-state index contributed by atoms with van der Waals surface area (Å²) in [6.45, 7) is 8.11. The summed E-state index contributed by atoms with van der Waals surface area (Å²) in [4.78, 5) is 4.67. The van der Waals surface area contributed by atoms with Crippen LogP contribution in [0.25, 0.3) is 44.8 Å². The Morgan fingerprint density at radius 3 is 0.980 bits per heavy atom. The zero-order valence-corrected chi connectivity index (χ0v) is 27.8. The molecule has 0 heterocycles. The number of benzene rings is 8. The van der Waals surface area contributed by atoms with E-state index in [1.807, 2.05) is 12.2 Å². The van der Waals surface area contributed by atoms with Crippen LogP contribution in [-0.4, -0.2) is 0 Å². The molecule has 0 aliphatic carbocycles. The SMILES string of the molecule is C=Cc1ccc(N(c2ccccc2)c2ccc(-c3ccc(N(c4ccccc4)c4ccc(C=C)c5ccccc45)cc3)cc2)c2ccccc12. The van der Waals surface area contributed by atoms with Gasteiger partial charge in [0.1, 0.15) is 0 Å². The van der Waals surface area contributed by atoms with Gasteiger partial charge in [0.05, 0.1) is 11.4 Å². The van der Waals surface area contributed by atoms with E-state index >= 15 is 0 Å². The van der Waals surface area contributed by atoms with E-state index in [0.717, 1.165) is 56.4 Å². The molecule has 0 unspecified atom stereocenters. The third kappa shape index (κ3) is 5.63. The molecule has 0 fully saturated rings. The van der Waals surface area contributed by atoms with Crippen LogP contribution in [0.4, 0.5) is 34.1 Å². The normalized spacial score (nSPS) is 11.0. The molecule has 0 aliphatic heterocycles. The Hall–Kier alpha value is -6.64. The Balaban J connectivity index is 1.17. The van der Waals surface area contributed by atoms with Gasteiger partial charge in [-0.1, -0.05) is 147 Å². The number of fused-ring (bicyclic) bond motifs is 2. The smallest absolute Gasteiger partial charge is 0.0540 e. The summed E-state index contributed by atoms with van der Waals surface area (Å²) in [6.07, 6.45) is 3.86. The molecule has 0 atom stereocenters. The summed E-state index contributed by atoms with van der Waals surface area (Å²) in [5.74, 6) is 0. The zero-order chi connectivity index (χ0) is 33.9. The average Bonchev–Trinajstić information content (AvgIpc) is 3.19. The van der Waals surface area contributed by atoms with Crippen LogP contribution in [-0.2, 0) is 0 Å². The van der Waals surface area contributed by atoms with Crippen LogP contribution in [0.1, 0.15) is 11.1 Å². The first-order valence-electron chi connectivity index (χ1n) is 16.9. The number of hydrogen-bond donors (Lipinski definition) is 0. The Morgan fingerprint density at radius 2 is 0.620 bits per heavy atom. The highest BCUT2D eigenvalue weighted by Gasteiger charge is 2.18. The highest BCUT2D eigenvalue weighted by atomic mass is 15.1. The van der Waals surface area contributed by atoms with E-state index in [4.69, 9.17) is 0 Å². The molecule has 0 saturated carbocycles. The van der Waals surface area contributed by atoms with Gasteiger partial charge in [0.15, 0.2) is 0 Å². The highest BCUT2D eigenvalue weighted by Crippen LogP contribution is 2.42. The lowest BCUT2D eigenvalue weighted by Crippen LogP contribution is -2.10. The van der Waals surface area contributed by atoms with Crippen LogP contribution >= 0.6 is 0 Å². The maximum absolute atomic E-state index is 4.05. The van der Waals surface area contributed by atoms with E-state index in [1.54, 1.807) is 0 Å². The van der Waals surface area contributed by atoms with Gasteiger partial charge in [-0.05, 0) is 93.7 Å². The van der Waals surface area contributed by atoms with Crippen molar-refractivity contribution in [3.8, 4) is 11.1 Å². The lowest BCUT2D eigenvalue weighted by Gasteiger charge is -2.28. The summed E-state index contributed by atoms with van der Waals surface area (Å²) in [6, 6.07) is 64.7. The van der Waals surface area contributed by atoms with Gasteiger partial charge >= 0.3 is 0 Å². The summed E-state index contributed by atoms with van der Waals surface area (Å²) in [5.41, 5.74) is 11.2. The number of rotatable bonds is 9. The second-order valence-electron chi connectivity index (χ2n) is 12.3. The van der Waals surface area contributed by atoms with Crippen LogP contribution in [0.3, 0.4) is 0 Å². The quantitative estimate of drug-likeness (QED) is 0.155. The first kappa shape index (κ1) is 30.7. The fourth-order valence-corrected chi connectivity index (χ4v) is 6.97. The van der Waals surface area contributed by atoms with E-state index in [9.17, 15) is 0 Å². The number of hydrogen-bond acceptors (Lipinski definition) is 2. The minimum atomic E-state index is 1.10. The van der Waals surface area contributed by atoms with Gasteiger partial charge in [0.25, 0.3) is 0 Å². The monoisotopic (exact) mass is 640 g/mol. The Morgan fingerprint density at radius 1 is 0.300 bits per heavy atom. The predicted octanol–water partition coefficient (Wildman–Crippen LogP) is 13.9. The molecule has 0 saturated heterocycles. The van der Waals surface area contributed by atoms with E-state index < -0.39 is 0 Å². The van der Waals surface area contributed by atoms with Crippen LogP contribution < -0.4 is 9.80 Å². The van der Waals surface area contributed by atoms with Gasteiger partial charge in [-0.2, -0.15) is 0 Å². The van der Waals surface area contributed by atoms with Crippen molar-refractivity contribution in [2.75, 3.05) is 9.80 Å². The third-order valence-corrected chi connectivity index (χ3v) is 9.40. The maximum atomic E-state index is 4.05. The standard InChI is InChI=1S/C48H36N2/c1-3-35-27-33-47(45-21-13-11-19-43(35)45)49(39-15-7-5-8-16-39)41-29-23-37(24-30-41)38-25-31-42(32-26-38)50(40-17-9-6-10-18-40)48-34-28-36(4-2)44-20-12-14-22-46(44)48/h3-34H,1-2H2. The summed E-state index contributed by atoms with van der Waals surface area (Å²) < 4.78 is 0. The van der Waals surface area contributed by atoms with Gasteiger partial charge < -0.3 is 9.80 Å². The molecule has 0 aromatic heterocycles. The molecular weight excluding hydrogens is 605 g/mol. The molecule has 0 bridgehead atoms. The van der Waals surface area contributed by atoms with Crippen molar-refractivity contribution in [1.82, 2.24) is 0 Å². The third-order valence-electron chi connectivity index (χ3n) is 9.40. The summed E-state index contributed by atoms with van der Waals surface area (Å²) in [5, 5.41) is 4.74. The van der Waals surface area contributed by atoms with Crippen molar-refractivity contribution >= 4 is 67.8 Å². The number of nitrogens with zero attached hydrogens (tertiary/aromatic N) is 2. The van der Waals surface area contributed by atoms with Gasteiger partial charge in [-0.3, -0.25) is 0 Å². The topological polar surface area (TPSA) is 6.48 Å². The highest BCUT2D eigenvalue weighted by molar-refractivity contribution is 6.04. The number of anilines is 6. The van der Waals surface area contributed by atoms with Crippen molar-refractivity contribution < 1.29 is 0 Å². The van der Waals surface area contributed by atoms with E-state index in [-0.39, 0.29) is 0 Å². The molecule has 0 N–H and O–H groups in total. The fraction of sp³-hybridized carbons (Fsp3) is 0. The lowest BCUT2D eigenvalue weighted by atomic mass is 10.00. The molecular formula is C48H36N2. The summed E-state index contributed by atoms with van der Waals surface area (Å²) >= 11 is 0. The summed E-state index contributed by atoms with van der Waals surface area (Å²) in [7, 11) is 0. The average molecular weight is 641 g/mol. The lowest BCUT2D eigenvalue weighted by molar-refractivity contribution is 1.29. The molecule has 8 rings (SSSR count). The first-order valence-corrected chi connectivity index (χ1v) is 16.9. The van der Waals surface area contributed by atoms with E-state index in [1.165, 1.54) is 21.5 Å². The van der Waals surface area contributed by atoms with Crippen molar-refractivity contribution in [3.05, 3.63) is 206 Å². The van der Waals surface area contributed by atoms with Crippen molar-refractivity contribution in [2.24, 2.45) is 0 Å². The second kappa shape index (κ2) is 13.5. The largest absolute Gasteiger partial charge is 0.310 e. The molecule has 2 heteroatoms. The zero-order valence-electron chi connectivity index (χ0n) is 27.8. The molecule has 238 valence electrons. The van der Waals surface area contributed by atoms with Gasteiger partial charge in [-0.25, -0.2) is 0 Å².